The molecule has 5 nitrogen and oxygen atoms in total. The van der Waals surface area contributed by atoms with Crippen LogP contribution < -0.4 is 0 Å². The molecule has 1 aliphatic heterocycles. The third-order valence-corrected chi connectivity index (χ3v) is 4.48. The largest absolute Gasteiger partial charge is 0.332 e. The fraction of sp³-hybridized carbons (Fsp3) is 0.438. The van der Waals surface area contributed by atoms with Crippen molar-refractivity contribution in [2.24, 2.45) is 0 Å². The Morgan fingerprint density at radius 3 is 3.00 bits per heavy atom. The molecule has 2 heterocycles. The van der Waals surface area contributed by atoms with Crippen LogP contribution in [-0.4, -0.2) is 32.5 Å². The van der Waals surface area contributed by atoms with Crippen LogP contribution in [-0.2, 0) is 11.2 Å². The first-order chi connectivity index (χ1) is 11.1. The van der Waals surface area contributed by atoms with Gasteiger partial charge in [-0.05, 0) is 38.3 Å². The minimum Gasteiger partial charge on any atom is -0.332 e. The minimum atomic E-state index is -0.451. The van der Waals surface area contributed by atoms with E-state index in [9.17, 15) is 9.18 Å². The summed E-state index contributed by atoms with van der Waals surface area (Å²) in [4.78, 5) is 18.8. The molecule has 0 saturated carbocycles. The lowest BCUT2D eigenvalue weighted by molar-refractivity contribution is -0.134. The molecule has 1 aromatic carbocycles. The molecule has 0 bridgehead atoms. The van der Waals surface area contributed by atoms with Crippen molar-refractivity contribution in [1.29, 1.82) is 0 Å². The van der Waals surface area contributed by atoms with Gasteiger partial charge in [-0.3, -0.25) is 9.89 Å². The average molecular weight is 337 g/mol. The van der Waals surface area contributed by atoms with Gasteiger partial charge >= 0.3 is 0 Å². The summed E-state index contributed by atoms with van der Waals surface area (Å²) in [5.74, 6) is 0.739. The molecule has 0 aliphatic carbocycles. The summed E-state index contributed by atoms with van der Waals surface area (Å²) in [6.07, 6.45) is 2.71. The van der Waals surface area contributed by atoms with Gasteiger partial charge in [-0.15, -0.1) is 0 Å². The van der Waals surface area contributed by atoms with Crippen LogP contribution >= 0.6 is 11.6 Å². The first kappa shape index (κ1) is 15.9. The summed E-state index contributed by atoms with van der Waals surface area (Å²) >= 11 is 6.03. The van der Waals surface area contributed by atoms with Crippen LogP contribution in [0.5, 0.6) is 0 Å². The SMILES string of the molecule is Cc1nc([C@@H]2CCCCN2C(=O)Cc2c(F)cccc2Cl)n[nH]1. The number of hydrogen-bond donors (Lipinski definition) is 1. The second kappa shape index (κ2) is 6.66. The molecule has 1 amide bonds. The maximum absolute atomic E-state index is 13.9. The number of carbonyl (C=O) groups excluding carboxylic acids is 1. The third kappa shape index (κ3) is 3.37. The summed E-state index contributed by atoms with van der Waals surface area (Å²) in [6, 6.07) is 4.29. The second-order valence-electron chi connectivity index (χ2n) is 5.75. The van der Waals surface area contributed by atoms with Crippen molar-refractivity contribution in [1.82, 2.24) is 20.1 Å². The molecule has 1 N–H and O–H groups in total. The number of carbonyl (C=O) groups is 1. The molecule has 3 rings (SSSR count). The lowest BCUT2D eigenvalue weighted by atomic mass is 10.00. The Bertz CT molecular complexity index is 698. The average Bonchev–Trinajstić information content (AvgIpc) is 2.97. The van der Waals surface area contributed by atoms with Crippen LogP contribution in [0.1, 0.15) is 42.5 Å². The number of nitrogens with one attached hydrogen (secondary N) is 1. The second-order valence-corrected chi connectivity index (χ2v) is 6.16. The van der Waals surface area contributed by atoms with E-state index in [0.29, 0.717) is 12.4 Å². The van der Waals surface area contributed by atoms with Crippen molar-refractivity contribution in [2.75, 3.05) is 6.54 Å². The summed E-state index contributed by atoms with van der Waals surface area (Å²) in [7, 11) is 0. The van der Waals surface area contributed by atoms with Crippen LogP contribution in [0.2, 0.25) is 5.02 Å². The van der Waals surface area contributed by atoms with Gasteiger partial charge in [0.05, 0.1) is 12.5 Å². The summed E-state index contributed by atoms with van der Waals surface area (Å²) in [6.45, 7) is 2.45. The molecule has 2 aromatic rings. The van der Waals surface area contributed by atoms with Gasteiger partial charge < -0.3 is 4.90 Å². The number of rotatable bonds is 3. The number of likely N-dealkylation sites (tertiary alicyclic amines) is 1. The number of aromatic nitrogens is 3. The third-order valence-electron chi connectivity index (χ3n) is 4.13. The molecule has 0 unspecified atom stereocenters. The van der Waals surface area contributed by atoms with Gasteiger partial charge in [0.15, 0.2) is 5.82 Å². The summed E-state index contributed by atoms with van der Waals surface area (Å²) < 4.78 is 13.9. The predicted molar refractivity (Wildman–Crippen MR) is 84.5 cm³/mol. The fourth-order valence-electron chi connectivity index (χ4n) is 2.96. The Balaban J connectivity index is 1.82. The Labute approximate surface area is 138 Å². The van der Waals surface area contributed by atoms with Gasteiger partial charge in [0, 0.05) is 17.1 Å². The van der Waals surface area contributed by atoms with E-state index in [1.807, 2.05) is 6.92 Å². The number of amides is 1. The first-order valence-corrected chi connectivity index (χ1v) is 8.05. The van der Waals surface area contributed by atoms with E-state index in [-0.39, 0.29) is 29.0 Å². The molecule has 23 heavy (non-hydrogen) atoms. The maximum atomic E-state index is 13.9. The number of nitrogens with zero attached hydrogens (tertiary/aromatic N) is 3. The van der Waals surface area contributed by atoms with Gasteiger partial charge in [0.1, 0.15) is 11.6 Å². The Morgan fingerprint density at radius 1 is 1.48 bits per heavy atom. The lowest BCUT2D eigenvalue weighted by Gasteiger charge is -2.34. The van der Waals surface area contributed by atoms with E-state index in [2.05, 4.69) is 15.2 Å². The molecule has 1 saturated heterocycles. The Kier molecular flexibility index (Phi) is 4.61. The van der Waals surface area contributed by atoms with Crippen molar-refractivity contribution in [3.8, 4) is 0 Å². The zero-order valence-corrected chi connectivity index (χ0v) is 13.6. The van der Waals surface area contributed by atoms with Crippen LogP contribution in [0.3, 0.4) is 0 Å². The summed E-state index contributed by atoms with van der Waals surface area (Å²) in [5, 5.41) is 7.28. The highest BCUT2D eigenvalue weighted by Crippen LogP contribution is 2.30. The number of aryl methyl sites for hydroxylation is 1. The lowest BCUT2D eigenvalue weighted by Crippen LogP contribution is -2.40. The molecule has 7 heteroatoms. The topological polar surface area (TPSA) is 61.9 Å². The zero-order valence-electron chi connectivity index (χ0n) is 12.9. The number of halogens is 2. The highest BCUT2D eigenvalue weighted by Gasteiger charge is 2.31. The number of H-pyrrole nitrogens is 1. The van der Waals surface area contributed by atoms with Gasteiger partial charge in [-0.1, -0.05) is 17.7 Å². The van der Waals surface area contributed by atoms with E-state index in [0.717, 1.165) is 25.1 Å². The monoisotopic (exact) mass is 336 g/mol. The Morgan fingerprint density at radius 2 is 2.30 bits per heavy atom. The standard InChI is InChI=1S/C16H18ClFN4O/c1-10-19-16(21-20-10)14-7-2-3-8-22(14)15(23)9-11-12(17)5-4-6-13(11)18/h4-6,14H,2-3,7-9H2,1H3,(H,19,20,21)/t14-/m0/s1. The van der Waals surface area contributed by atoms with Crippen molar-refractivity contribution in [2.45, 2.75) is 38.6 Å². The summed E-state index contributed by atoms with van der Waals surface area (Å²) in [5.41, 5.74) is 0.245. The van der Waals surface area contributed by atoms with E-state index >= 15 is 0 Å². The van der Waals surface area contributed by atoms with Gasteiger partial charge in [-0.25, -0.2) is 9.37 Å². The smallest absolute Gasteiger partial charge is 0.227 e. The molecular formula is C16H18ClFN4O. The van der Waals surface area contributed by atoms with Crippen molar-refractivity contribution in [3.63, 3.8) is 0 Å². The predicted octanol–water partition coefficient (Wildman–Crippen LogP) is 3.20. The van der Waals surface area contributed by atoms with Gasteiger partial charge in [0.2, 0.25) is 5.91 Å². The van der Waals surface area contributed by atoms with Crippen LogP contribution in [0, 0.1) is 12.7 Å². The normalized spacial score (nSPS) is 18.2. The molecule has 122 valence electrons. The zero-order chi connectivity index (χ0) is 16.4. The van der Waals surface area contributed by atoms with Crippen LogP contribution in [0.25, 0.3) is 0 Å². The van der Waals surface area contributed by atoms with Gasteiger partial charge in [-0.2, -0.15) is 5.10 Å². The number of hydrogen-bond acceptors (Lipinski definition) is 3. The highest BCUT2D eigenvalue weighted by molar-refractivity contribution is 6.31. The van der Waals surface area contributed by atoms with E-state index < -0.39 is 5.82 Å². The number of benzene rings is 1. The van der Waals surface area contributed by atoms with Crippen molar-refractivity contribution < 1.29 is 9.18 Å². The fourth-order valence-corrected chi connectivity index (χ4v) is 3.19. The molecule has 1 atom stereocenters. The number of piperidine rings is 1. The molecular weight excluding hydrogens is 319 g/mol. The number of aromatic amines is 1. The molecule has 0 spiro atoms. The molecule has 1 aliphatic rings. The highest BCUT2D eigenvalue weighted by atomic mass is 35.5. The van der Waals surface area contributed by atoms with Gasteiger partial charge in [0.25, 0.3) is 0 Å². The van der Waals surface area contributed by atoms with Crippen LogP contribution in [0.15, 0.2) is 18.2 Å². The first-order valence-electron chi connectivity index (χ1n) is 7.67. The van der Waals surface area contributed by atoms with E-state index in [1.54, 1.807) is 11.0 Å². The van der Waals surface area contributed by atoms with Crippen molar-refractivity contribution in [3.05, 3.63) is 46.3 Å². The Hall–Kier alpha value is -1.95. The van der Waals surface area contributed by atoms with Crippen LogP contribution in [0.4, 0.5) is 4.39 Å². The molecule has 1 fully saturated rings. The maximum Gasteiger partial charge on any atom is 0.227 e. The van der Waals surface area contributed by atoms with E-state index in [1.165, 1.54) is 12.1 Å². The molecule has 0 radical (unpaired) electrons. The van der Waals surface area contributed by atoms with E-state index in [4.69, 9.17) is 11.6 Å². The molecule has 1 aromatic heterocycles. The van der Waals surface area contributed by atoms with Crippen molar-refractivity contribution >= 4 is 17.5 Å². The quantitative estimate of drug-likeness (QED) is 0.936. The minimum absolute atomic E-state index is 0.0502.